The fourth-order valence-electron chi connectivity index (χ4n) is 12.8. The molecule has 4 saturated carbocycles. The molecule has 0 radical (unpaired) electrons. The van der Waals surface area contributed by atoms with Gasteiger partial charge in [0.25, 0.3) is 0 Å². The minimum Gasteiger partial charge on any atom is -0.309 e. The predicted molar refractivity (Wildman–Crippen MR) is 208 cm³/mol. The first kappa shape index (κ1) is 29.9. The Labute approximate surface area is 302 Å². The van der Waals surface area contributed by atoms with Crippen LogP contribution in [0.3, 0.4) is 0 Å². The summed E-state index contributed by atoms with van der Waals surface area (Å²) in [5, 5.41) is 0. The molecule has 1 nitrogen and oxygen atoms in total. The molecule has 6 unspecified atom stereocenters. The smallest absolute Gasteiger partial charge is 0.0604 e. The van der Waals surface area contributed by atoms with Gasteiger partial charge < -0.3 is 4.90 Å². The molecule has 50 heavy (non-hydrogen) atoms. The Hall–Kier alpha value is -3.75. The Bertz CT molecular complexity index is 2200. The van der Waals surface area contributed by atoms with E-state index in [0.717, 1.165) is 23.7 Å². The second kappa shape index (κ2) is 9.97. The van der Waals surface area contributed by atoms with Crippen LogP contribution < -0.4 is 4.90 Å². The molecule has 2 bridgehead atoms. The Kier molecular flexibility index (Phi) is 5.97. The zero-order chi connectivity index (χ0) is 33.6. The van der Waals surface area contributed by atoms with E-state index in [0.29, 0.717) is 5.41 Å². The maximum absolute atomic E-state index is 2.60. The molecule has 1 aliphatic heterocycles. The van der Waals surface area contributed by atoms with E-state index in [-0.39, 0.29) is 16.2 Å². The van der Waals surface area contributed by atoms with Crippen LogP contribution in [0, 0.1) is 29.1 Å². The van der Waals surface area contributed by atoms with Crippen LogP contribution in [-0.4, -0.2) is 0 Å². The molecule has 5 aromatic carbocycles. The zero-order valence-electron chi connectivity index (χ0n) is 29.9. The summed E-state index contributed by atoms with van der Waals surface area (Å²) in [4.78, 5) is 5.56. The second-order valence-electron chi connectivity index (χ2n) is 18.1. The fraction of sp³-hybridized carbons (Fsp3) is 0.375. The van der Waals surface area contributed by atoms with Gasteiger partial charge in [-0.3, -0.25) is 0 Å². The maximum Gasteiger partial charge on any atom is 0.0604 e. The average molecular weight is 670 g/mol. The van der Waals surface area contributed by atoms with Crippen molar-refractivity contribution in [1.82, 2.24) is 0 Å². The minimum absolute atomic E-state index is 0.122. The standard InChI is InChI=1S/C48H47NS/c1-45(2)22-23-46(3,4)39-28-35(19-21-36(39)45)49(34-14-9-6-10-15-34)40-17-11-16-38-44(40)50-41-26-32(31-12-7-5-8-13-31)18-20-37(41)48(38)42-25-30-24-33-27-43(48)47(33,42)29-30/h5-21,26,28,30,33,42-43H,22-25,27,29H2,1-4H3. The predicted octanol–water partition coefficient (Wildman–Crippen LogP) is 13.0. The van der Waals surface area contributed by atoms with Crippen LogP contribution in [0.5, 0.6) is 0 Å². The Balaban J connectivity index is 1.14. The monoisotopic (exact) mass is 669 g/mol. The lowest BCUT2D eigenvalue weighted by atomic mass is 9.26. The number of benzene rings is 5. The lowest BCUT2D eigenvalue weighted by molar-refractivity contribution is -0.235. The molecule has 5 aliphatic carbocycles. The summed E-state index contributed by atoms with van der Waals surface area (Å²) in [5.74, 6) is 3.45. The first-order chi connectivity index (χ1) is 24.2. The maximum atomic E-state index is 2.60. The van der Waals surface area contributed by atoms with Crippen molar-refractivity contribution >= 4 is 28.8 Å². The number of nitrogens with zero attached hydrogens (tertiary/aromatic N) is 1. The molecule has 2 heteroatoms. The normalized spacial score (nSPS) is 31.1. The van der Waals surface area contributed by atoms with Crippen LogP contribution >= 0.6 is 11.8 Å². The third-order valence-corrected chi connectivity index (χ3v) is 16.2. The number of anilines is 3. The number of hydrogen-bond donors (Lipinski definition) is 0. The molecule has 4 fully saturated rings. The lowest BCUT2D eigenvalue weighted by Gasteiger charge is -2.78. The van der Waals surface area contributed by atoms with Crippen LogP contribution in [-0.2, 0) is 16.2 Å². The summed E-state index contributed by atoms with van der Waals surface area (Å²) in [5.41, 5.74) is 13.8. The van der Waals surface area contributed by atoms with Gasteiger partial charge in [0.05, 0.1) is 5.69 Å². The van der Waals surface area contributed by atoms with E-state index in [9.17, 15) is 0 Å². The molecule has 11 rings (SSSR count). The highest BCUT2D eigenvalue weighted by atomic mass is 32.2. The topological polar surface area (TPSA) is 3.24 Å². The van der Waals surface area contributed by atoms with E-state index in [1.807, 2.05) is 11.8 Å². The Morgan fingerprint density at radius 3 is 2.08 bits per heavy atom. The van der Waals surface area contributed by atoms with Crippen LogP contribution in [0.15, 0.2) is 125 Å². The molecule has 2 spiro atoms. The van der Waals surface area contributed by atoms with E-state index >= 15 is 0 Å². The molecule has 6 atom stereocenters. The van der Waals surface area contributed by atoms with E-state index in [1.54, 1.807) is 11.1 Å². The van der Waals surface area contributed by atoms with Crippen molar-refractivity contribution in [2.45, 2.75) is 92.3 Å². The molecular formula is C48H47NS. The highest BCUT2D eigenvalue weighted by molar-refractivity contribution is 7.99. The van der Waals surface area contributed by atoms with Crippen molar-refractivity contribution in [2.24, 2.45) is 29.1 Å². The molecule has 0 N–H and O–H groups in total. The van der Waals surface area contributed by atoms with Gasteiger partial charge in [-0.25, -0.2) is 0 Å². The van der Waals surface area contributed by atoms with Crippen molar-refractivity contribution in [3.8, 4) is 11.1 Å². The molecule has 0 aromatic heterocycles. The largest absolute Gasteiger partial charge is 0.309 e. The molecule has 6 aliphatic rings. The van der Waals surface area contributed by atoms with Crippen LogP contribution in [0.2, 0.25) is 0 Å². The summed E-state index contributed by atoms with van der Waals surface area (Å²) in [6.45, 7) is 9.78. The third-order valence-electron chi connectivity index (χ3n) is 15.0. The van der Waals surface area contributed by atoms with Crippen molar-refractivity contribution in [3.05, 3.63) is 138 Å². The molecule has 0 amide bonds. The average Bonchev–Trinajstić information content (AvgIpc) is 3.66. The molecule has 0 saturated heterocycles. The Morgan fingerprint density at radius 2 is 1.30 bits per heavy atom. The van der Waals surface area contributed by atoms with Crippen LogP contribution in [0.4, 0.5) is 17.1 Å². The van der Waals surface area contributed by atoms with Crippen LogP contribution in [0.25, 0.3) is 11.1 Å². The van der Waals surface area contributed by atoms with Crippen molar-refractivity contribution in [2.75, 3.05) is 4.90 Å². The first-order valence-electron chi connectivity index (χ1n) is 19.2. The number of rotatable bonds is 4. The van der Waals surface area contributed by atoms with Gasteiger partial charge in [0.2, 0.25) is 0 Å². The summed E-state index contributed by atoms with van der Waals surface area (Å²) in [7, 11) is 0. The third kappa shape index (κ3) is 3.67. The highest BCUT2D eigenvalue weighted by Gasteiger charge is 2.84. The number of hydrogen-bond acceptors (Lipinski definition) is 2. The number of para-hydroxylation sites is 1. The minimum atomic E-state index is 0.122. The van der Waals surface area contributed by atoms with Gasteiger partial charge in [-0.1, -0.05) is 118 Å². The van der Waals surface area contributed by atoms with Crippen molar-refractivity contribution in [1.29, 1.82) is 0 Å². The van der Waals surface area contributed by atoms with E-state index in [2.05, 4.69) is 148 Å². The summed E-state index contributed by atoms with van der Waals surface area (Å²) in [6, 6.07) is 44.6. The lowest BCUT2D eigenvalue weighted by Crippen LogP contribution is -2.74. The first-order valence-corrected chi connectivity index (χ1v) is 20.0. The molecule has 1 heterocycles. The van der Waals surface area contributed by atoms with Gasteiger partial charge >= 0.3 is 0 Å². The quantitative estimate of drug-likeness (QED) is 0.187. The molecular weight excluding hydrogens is 623 g/mol. The highest BCUT2D eigenvalue weighted by Crippen LogP contribution is 2.89. The molecule has 5 aromatic rings. The van der Waals surface area contributed by atoms with Crippen molar-refractivity contribution in [3.63, 3.8) is 0 Å². The van der Waals surface area contributed by atoms with E-state index in [1.165, 1.54) is 87.6 Å². The van der Waals surface area contributed by atoms with Crippen LogP contribution in [0.1, 0.15) is 88.5 Å². The van der Waals surface area contributed by atoms with Gasteiger partial charge in [-0.05, 0) is 148 Å². The van der Waals surface area contributed by atoms with Gasteiger partial charge in [0.1, 0.15) is 0 Å². The molecule has 250 valence electrons. The van der Waals surface area contributed by atoms with E-state index in [4.69, 9.17) is 0 Å². The van der Waals surface area contributed by atoms with Gasteiger partial charge in [0, 0.05) is 26.6 Å². The zero-order valence-corrected chi connectivity index (χ0v) is 30.7. The second-order valence-corrected chi connectivity index (χ2v) is 19.1. The fourth-order valence-corrected chi connectivity index (χ4v) is 14.2. The SMILES string of the molecule is CC1(C)CCC(C)(C)c2cc(N(c3ccccc3)c3cccc4c3Sc3cc(-c5ccccc5)ccc3C43C4CC5CC6CC3C64C5)ccc21. The van der Waals surface area contributed by atoms with Gasteiger partial charge in [0.15, 0.2) is 0 Å². The van der Waals surface area contributed by atoms with E-state index < -0.39 is 0 Å². The van der Waals surface area contributed by atoms with Gasteiger partial charge in [-0.15, -0.1) is 0 Å². The Morgan fingerprint density at radius 1 is 0.580 bits per heavy atom. The summed E-state index contributed by atoms with van der Waals surface area (Å²) in [6.07, 6.45) is 8.27. The summed E-state index contributed by atoms with van der Waals surface area (Å²) < 4.78 is 0. The van der Waals surface area contributed by atoms with Crippen molar-refractivity contribution < 1.29 is 0 Å². The number of fused-ring (bicyclic) bond motifs is 8. The summed E-state index contributed by atoms with van der Waals surface area (Å²) >= 11 is 2.05. The van der Waals surface area contributed by atoms with Gasteiger partial charge in [-0.2, -0.15) is 0 Å².